The normalized spacial score (nSPS) is 25.4. The molecule has 2 amide bonds. The molecule has 2 aliphatic heterocycles. The molecule has 7 heteroatoms. The van der Waals surface area contributed by atoms with E-state index in [1.165, 1.54) is 0 Å². The van der Waals surface area contributed by atoms with Crippen molar-refractivity contribution in [1.82, 2.24) is 10.9 Å². The Kier molecular flexibility index (Phi) is 3.70. The molecule has 2 unspecified atom stereocenters. The highest BCUT2D eigenvalue weighted by atomic mass is 35.5. The first-order valence-corrected chi connectivity index (χ1v) is 7.31. The van der Waals surface area contributed by atoms with Crippen LogP contribution in [0, 0.1) is 11.8 Å². The van der Waals surface area contributed by atoms with Crippen molar-refractivity contribution in [2.24, 2.45) is 22.0 Å². The highest BCUT2D eigenvalue weighted by Crippen LogP contribution is 2.40. The highest BCUT2D eigenvalue weighted by Gasteiger charge is 2.46. The van der Waals surface area contributed by atoms with Crippen LogP contribution in [0.15, 0.2) is 34.5 Å². The van der Waals surface area contributed by atoms with Gasteiger partial charge in [-0.1, -0.05) is 29.8 Å². The smallest absolute Gasteiger partial charge is 0.249 e. The van der Waals surface area contributed by atoms with Gasteiger partial charge in [0.15, 0.2) is 0 Å². The van der Waals surface area contributed by atoms with Crippen LogP contribution in [0.4, 0.5) is 0 Å². The number of carbonyl (C=O) groups is 2. The van der Waals surface area contributed by atoms with Crippen LogP contribution in [0.25, 0.3) is 0 Å². The Balaban J connectivity index is 2.13. The number of nitrogens with one attached hydrogen (secondary N) is 2. The Hall–Kier alpha value is -2.21. The zero-order valence-corrected chi connectivity index (χ0v) is 12.9. The third kappa shape index (κ3) is 2.29. The maximum absolute atomic E-state index is 12.2. The van der Waals surface area contributed by atoms with Crippen LogP contribution in [0.2, 0.25) is 5.02 Å². The van der Waals surface area contributed by atoms with Crippen LogP contribution in [-0.4, -0.2) is 23.2 Å². The molecule has 22 heavy (non-hydrogen) atoms. The minimum atomic E-state index is -0.543. The number of hydrogen-bond acceptors (Lipinski definition) is 4. The fraction of sp³-hybridized carbons (Fsp3) is 0.333. The van der Waals surface area contributed by atoms with Crippen molar-refractivity contribution in [1.29, 1.82) is 0 Å². The van der Waals surface area contributed by atoms with Gasteiger partial charge in [0.2, 0.25) is 11.8 Å². The van der Waals surface area contributed by atoms with Crippen molar-refractivity contribution >= 4 is 34.8 Å². The fourth-order valence-corrected chi connectivity index (χ4v) is 3.35. The molecule has 0 spiro atoms. The van der Waals surface area contributed by atoms with Crippen molar-refractivity contribution in [3.05, 3.63) is 34.9 Å². The molecule has 2 aliphatic rings. The molecule has 2 atom stereocenters. The Morgan fingerprint density at radius 2 is 1.50 bits per heavy atom. The number of hydrogen-bond donors (Lipinski definition) is 2. The van der Waals surface area contributed by atoms with E-state index in [0.29, 0.717) is 16.4 Å². The van der Waals surface area contributed by atoms with Gasteiger partial charge in [0, 0.05) is 22.4 Å². The zero-order valence-electron chi connectivity index (χ0n) is 12.1. The minimum absolute atomic E-state index is 0.227. The molecule has 1 aromatic rings. The first kappa shape index (κ1) is 14.7. The van der Waals surface area contributed by atoms with E-state index in [-0.39, 0.29) is 11.8 Å². The van der Waals surface area contributed by atoms with Crippen molar-refractivity contribution in [3.63, 3.8) is 0 Å². The summed E-state index contributed by atoms with van der Waals surface area (Å²) in [7, 11) is 0. The Bertz CT molecular complexity index is 675. The summed E-state index contributed by atoms with van der Waals surface area (Å²) in [6.45, 7) is 3.54. The number of carbonyl (C=O) groups excluding carboxylic acids is 2. The van der Waals surface area contributed by atoms with Crippen molar-refractivity contribution < 1.29 is 9.59 Å². The molecule has 0 fully saturated rings. The monoisotopic (exact) mass is 318 g/mol. The molecule has 6 nitrogen and oxygen atoms in total. The molecular weight excluding hydrogens is 304 g/mol. The van der Waals surface area contributed by atoms with Gasteiger partial charge in [0.05, 0.1) is 11.8 Å². The Labute approximate surface area is 132 Å². The van der Waals surface area contributed by atoms with E-state index in [1.807, 2.05) is 18.2 Å². The summed E-state index contributed by atoms with van der Waals surface area (Å²) in [5.74, 6) is -1.98. The van der Waals surface area contributed by atoms with Gasteiger partial charge in [-0.2, -0.15) is 10.2 Å². The molecule has 0 saturated heterocycles. The topological polar surface area (TPSA) is 82.9 Å². The number of halogens is 1. The average molecular weight is 319 g/mol. The third-order valence-corrected chi connectivity index (χ3v) is 4.48. The molecule has 2 N–H and O–H groups in total. The molecular formula is C15H15ClN4O2. The van der Waals surface area contributed by atoms with E-state index in [2.05, 4.69) is 21.1 Å². The quantitative estimate of drug-likeness (QED) is 0.888. The first-order valence-electron chi connectivity index (χ1n) is 6.93. The zero-order chi connectivity index (χ0) is 15.9. The minimum Gasteiger partial charge on any atom is -0.272 e. The van der Waals surface area contributed by atoms with Crippen LogP contribution in [0.5, 0.6) is 0 Å². The number of amides is 2. The van der Waals surface area contributed by atoms with Gasteiger partial charge in [-0.3, -0.25) is 9.59 Å². The van der Waals surface area contributed by atoms with Crippen molar-refractivity contribution in [2.45, 2.75) is 19.8 Å². The van der Waals surface area contributed by atoms with Gasteiger partial charge < -0.3 is 0 Å². The summed E-state index contributed by atoms with van der Waals surface area (Å²) in [5, 5.41) is 8.52. The maximum atomic E-state index is 12.2. The average Bonchev–Trinajstić information content (AvgIpc) is 2.99. The molecule has 1 aromatic carbocycles. The van der Waals surface area contributed by atoms with Crippen LogP contribution in [0.1, 0.15) is 25.3 Å². The highest BCUT2D eigenvalue weighted by molar-refractivity contribution is 6.31. The number of hydrazone groups is 2. The van der Waals surface area contributed by atoms with Crippen molar-refractivity contribution in [2.75, 3.05) is 0 Å². The summed E-state index contributed by atoms with van der Waals surface area (Å²) in [6.07, 6.45) is 0. The number of rotatable bonds is 3. The van der Waals surface area contributed by atoms with Gasteiger partial charge in [0.1, 0.15) is 0 Å². The van der Waals surface area contributed by atoms with Gasteiger partial charge in [-0.15, -0.1) is 0 Å². The van der Waals surface area contributed by atoms with Crippen LogP contribution in [-0.2, 0) is 9.59 Å². The molecule has 0 radical (unpaired) electrons. The van der Waals surface area contributed by atoms with E-state index in [4.69, 9.17) is 11.6 Å². The Morgan fingerprint density at radius 1 is 1.00 bits per heavy atom. The lowest BCUT2D eigenvalue weighted by molar-refractivity contribution is -0.124. The predicted octanol–water partition coefficient (Wildman–Crippen LogP) is 1.67. The van der Waals surface area contributed by atoms with Crippen LogP contribution >= 0.6 is 11.6 Å². The van der Waals surface area contributed by atoms with Gasteiger partial charge >= 0.3 is 0 Å². The summed E-state index contributed by atoms with van der Waals surface area (Å²) in [5.41, 5.74) is 6.98. The largest absolute Gasteiger partial charge is 0.272 e. The number of benzene rings is 1. The first-order chi connectivity index (χ1) is 10.5. The summed E-state index contributed by atoms with van der Waals surface area (Å²) < 4.78 is 0. The lowest BCUT2D eigenvalue weighted by Gasteiger charge is -2.27. The molecule has 2 heterocycles. The van der Waals surface area contributed by atoms with E-state index in [9.17, 15) is 9.59 Å². The third-order valence-electron chi connectivity index (χ3n) is 4.13. The molecule has 0 saturated carbocycles. The maximum Gasteiger partial charge on any atom is 0.249 e. The van der Waals surface area contributed by atoms with Gasteiger partial charge in [-0.25, -0.2) is 10.9 Å². The fourth-order valence-electron chi connectivity index (χ4n) is 3.09. The second-order valence-corrected chi connectivity index (χ2v) is 5.87. The standard InChI is InChI=1S/C15H15ClN4O2/c1-7-11(14(21)19-17-7)13(9-5-3-4-6-10(9)16)12-8(2)18-20-15(12)22/h3-6,11-13H,1-2H3,(H,19,21)(H,20,22). The summed E-state index contributed by atoms with van der Waals surface area (Å²) >= 11 is 6.32. The Morgan fingerprint density at radius 3 is 1.91 bits per heavy atom. The molecule has 0 bridgehead atoms. The molecule has 0 aliphatic carbocycles. The summed E-state index contributed by atoms with van der Waals surface area (Å²) in [4.78, 5) is 24.5. The second-order valence-electron chi connectivity index (χ2n) is 5.46. The van der Waals surface area contributed by atoms with E-state index in [1.54, 1.807) is 19.9 Å². The predicted molar refractivity (Wildman–Crippen MR) is 83.7 cm³/mol. The molecule has 0 aromatic heterocycles. The lowest BCUT2D eigenvalue weighted by Crippen LogP contribution is -2.38. The van der Waals surface area contributed by atoms with E-state index < -0.39 is 17.8 Å². The second kappa shape index (κ2) is 5.53. The number of nitrogens with zero attached hydrogens (tertiary/aromatic N) is 2. The SMILES string of the molecule is CC1=NNC(=O)C1C(c1ccccc1Cl)C1C(=O)NN=C1C. The van der Waals surface area contributed by atoms with Crippen LogP contribution < -0.4 is 10.9 Å². The van der Waals surface area contributed by atoms with Gasteiger partial charge in [-0.05, 0) is 25.5 Å². The van der Waals surface area contributed by atoms with Crippen LogP contribution in [0.3, 0.4) is 0 Å². The lowest BCUT2D eigenvalue weighted by atomic mass is 9.73. The van der Waals surface area contributed by atoms with Gasteiger partial charge in [0.25, 0.3) is 0 Å². The molecule has 114 valence electrons. The molecule has 3 rings (SSSR count). The van der Waals surface area contributed by atoms with E-state index >= 15 is 0 Å². The van der Waals surface area contributed by atoms with Crippen molar-refractivity contribution in [3.8, 4) is 0 Å². The summed E-state index contributed by atoms with van der Waals surface area (Å²) in [6, 6.07) is 7.24. The van der Waals surface area contributed by atoms with E-state index in [0.717, 1.165) is 5.56 Å².